The number of hydrogen-bond acceptors (Lipinski definition) is 3. The van der Waals surface area contributed by atoms with Crippen LogP contribution in [0.25, 0.3) is 0 Å². The molecule has 1 atom stereocenters. The van der Waals surface area contributed by atoms with E-state index in [0.717, 1.165) is 23.1 Å². The summed E-state index contributed by atoms with van der Waals surface area (Å²) in [5.41, 5.74) is 1.25. The zero-order valence-corrected chi connectivity index (χ0v) is 11.3. The first-order valence-electron chi connectivity index (χ1n) is 5.60. The smallest absolute Gasteiger partial charge is 0.134 e. The van der Waals surface area contributed by atoms with E-state index in [1.807, 2.05) is 25.4 Å². The molecule has 3 nitrogen and oxygen atoms in total. The summed E-state index contributed by atoms with van der Waals surface area (Å²) < 4.78 is 6.50. The maximum Gasteiger partial charge on any atom is 0.134 e. The minimum Gasteiger partial charge on any atom is -0.466 e. The molecular weight excluding hydrogens is 280 g/mol. The van der Waals surface area contributed by atoms with Gasteiger partial charge >= 0.3 is 0 Å². The average Bonchev–Trinajstić information content (AvgIpc) is 2.78. The number of pyridine rings is 1. The molecule has 2 aromatic rings. The molecule has 0 radical (unpaired) electrons. The van der Waals surface area contributed by atoms with Crippen LogP contribution in [0.15, 0.2) is 45.7 Å². The zero-order valence-electron chi connectivity index (χ0n) is 9.69. The van der Waals surface area contributed by atoms with E-state index in [9.17, 15) is 0 Å². The summed E-state index contributed by atoms with van der Waals surface area (Å²) in [6, 6.07) is 6.20. The molecule has 90 valence electrons. The first kappa shape index (κ1) is 12.3. The monoisotopic (exact) mass is 294 g/mol. The molecule has 2 rings (SSSR count). The van der Waals surface area contributed by atoms with Gasteiger partial charge in [-0.25, -0.2) is 0 Å². The zero-order chi connectivity index (χ0) is 12.1. The van der Waals surface area contributed by atoms with Crippen LogP contribution in [-0.4, -0.2) is 12.0 Å². The van der Waals surface area contributed by atoms with Crippen LogP contribution < -0.4 is 5.32 Å². The summed E-state index contributed by atoms with van der Waals surface area (Å²) >= 11 is 3.49. The van der Waals surface area contributed by atoms with Crippen LogP contribution in [0.2, 0.25) is 0 Å². The van der Waals surface area contributed by atoms with E-state index in [0.29, 0.717) is 0 Å². The van der Waals surface area contributed by atoms with Gasteiger partial charge in [0.1, 0.15) is 5.76 Å². The molecule has 2 heterocycles. The molecule has 0 amide bonds. The van der Waals surface area contributed by atoms with Gasteiger partial charge in [0.25, 0.3) is 0 Å². The summed E-state index contributed by atoms with van der Waals surface area (Å²) in [5.74, 6) is 0.955. The molecule has 0 aromatic carbocycles. The molecule has 0 aliphatic heterocycles. The second kappa shape index (κ2) is 5.98. The van der Waals surface area contributed by atoms with Gasteiger partial charge in [-0.15, -0.1) is 0 Å². The van der Waals surface area contributed by atoms with Crippen molar-refractivity contribution in [3.63, 3.8) is 0 Å². The number of aromatic nitrogens is 1. The van der Waals surface area contributed by atoms with Gasteiger partial charge in [0, 0.05) is 12.4 Å². The van der Waals surface area contributed by atoms with E-state index in [-0.39, 0.29) is 6.04 Å². The number of hydrogen-bond donors (Lipinski definition) is 1. The van der Waals surface area contributed by atoms with Crippen molar-refractivity contribution >= 4 is 15.9 Å². The Kier molecular flexibility index (Phi) is 4.34. The second-order valence-electron chi connectivity index (χ2n) is 3.87. The standard InChI is InChI=1S/C13H15BrN2O/c1-15-12(13-11(14)6-8-17-13)5-4-10-3-2-7-16-9-10/h2-3,6-9,12,15H,4-5H2,1H3. The van der Waals surface area contributed by atoms with Crippen LogP contribution in [0.1, 0.15) is 23.8 Å². The van der Waals surface area contributed by atoms with Gasteiger partial charge < -0.3 is 9.73 Å². The van der Waals surface area contributed by atoms with Gasteiger partial charge in [0.15, 0.2) is 0 Å². The fourth-order valence-electron chi connectivity index (χ4n) is 1.82. The largest absolute Gasteiger partial charge is 0.466 e. The second-order valence-corrected chi connectivity index (χ2v) is 4.73. The van der Waals surface area contributed by atoms with E-state index in [4.69, 9.17) is 4.42 Å². The predicted molar refractivity (Wildman–Crippen MR) is 70.8 cm³/mol. The van der Waals surface area contributed by atoms with E-state index in [2.05, 4.69) is 32.3 Å². The molecule has 0 aliphatic carbocycles. The van der Waals surface area contributed by atoms with Crippen LogP contribution in [0, 0.1) is 0 Å². The predicted octanol–water partition coefficient (Wildman–Crippen LogP) is 3.33. The number of rotatable bonds is 5. The van der Waals surface area contributed by atoms with Gasteiger partial charge in [0.05, 0.1) is 16.8 Å². The van der Waals surface area contributed by atoms with E-state index in [1.165, 1.54) is 5.56 Å². The highest BCUT2D eigenvalue weighted by molar-refractivity contribution is 9.10. The summed E-state index contributed by atoms with van der Waals surface area (Å²) in [7, 11) is 1.95. The van der Waals surface area contributed by atoms with Gasteiger partial charge in [-0.2, -0.15) is 0 Å². The molecule has 0 fully saturated rings. The first-order valence-corrected chi connectivity index (χ1v) is 6.39. The quantitative estimate of drug-likeness (QED) is 0.919. The van der Waals surface area contributed by atoms with Crippen molar-refractivity contribution in [1.29, 1.82) is 0 Å². The Morgan fingerprint density at radius 3 is 2.94 bits per heavy atom. The molecule has 0 saturated carbocycles. The molecular formula is C13H15BrN2O. The van der Waals surface area contributed by atoms with Crippen LogP contribution >= 0.6 is 15.9 Å². The number of nitrogens with zero attached hydrogens (tertiary/aromatic N) is 1. The van der Waals surface area contributed by atoms with Crippen LogP contribution in [0.5, 0.6) is 0 Å². The van der Waals surface area contributed by atoms with E-state index in [1.54, 1.807) is 12.5 Å². The van der Waals surface area contributed by atoms with Gasteiger partial charge in [-0.3, -0.25) is 4.98 Å². The molecule has 0 bridgehead atoms. The van der Waals surface area contributed by atoms with Crippen molar-refractivity contribution in [2.45, 2.75) is 18.9 Å². The number of nitrogens with one attached hydrogen (secondary N) is 1. The fourth-order valence-corrected chi connectivity index (χ4v) is 2.30. The van der Waals surface area contributed by atoms with Crippen LogP contribution in [0.4, 0.5) is 0 Å². The minimum atomic E-state index is 0.222. The van der Waals surface area contributed by atoms with Crippen LogP contribution in [-0.2, 0) is 6.42 Å². The third-order valence-corrected chi connectivity index (χ3v) is 3.41. The van der Waals surface area contributed by atoms with E-state index >= 15 is 0 Å². The number of furan rings is 1. The highest BCUT2D eigenvalue weighted by Crippen LogP contribution is 2.27. The molecule has 17 heavy (non-hydrogen) atoms. The lowest BCUT2D eigenvalue weighted by atomic mass is 10.1. The lowest BCUT2D eigenvalue weighted by Gasteiger charge is -2.14. The maximum absolute atomic E-state index is 5.48. The lowest BCUT2D eigenvalue weighted by molar-refractivity contribution is 0.412. The Morgan fingerprint density at radius 1 is 1.47 bits per heavy atom. The molecule has 2 aromatic heterocycles. The highest BCUT2D eigenvalue weighted by atomic mass is 79.9. The Labute approximate surface area is 109 Å². The maximum atomic E-state index is 5.48. The van der Waals surface area contributed by atoms with Crippen molar-refractivity contribution < 1.29 is 4.42 Å². The fraction of sp³-hybridized carbons (Fsp3) is 0.308. The Balaban J connectivity index is 2.00. The molecule has 1 N–H and O–H groups in total. The SMILES string of the molecule is CNC(CCc1cccnc1)c1occc1Br. The average molecular weight is 295 g/mol. The first-order chi connectivity index (χ1) is 8.31. The number of aryl methyl sites for hydroxylation is 1. The third kappa shape index (κ3) is 3.17. The Hall–Kier alpha value is -1.13. The molecule has 4 heteroatoms. The van der Waals surface area contributed by atoms with E-state index < -0.39 is 0 Å². The summed E-state index contributed by atoms with van der Waals surface area (Å²) in [5, 5.41) is 3.27. The number of halogens is 1. The Bertz CT molecular complexity index is 455. The van der Waals surface area contributed by atoms with Gasteiger partial charge in [0.2, 0.25) is 0 Å². The van der Waals surface area contributed by atoms with Crippen molar-refractivity contribution in [2.24, 2.45) is 0 Å². The van der Waals surface area contributed by atoms with Gasteiger partial charge in [-0.05, 0) is 53.5 Å². The molecule has 0 saturated heterocycles. The van der Waals surface area contributed by atoms with Crippen molar-refractivity contribution in [2.75, 3.05) is 7.05 Å². The highest BCUT2D eigenvalue weighted by Gasteiger charge is 2.15. The van der Waals surface area contributed by atoms with Gasteiger partial charge in [-0.1, -0.05) is 6.07 Å². The van der Waals surface area contributed by atoms with Crippen molar-refractivity contribution in [1.82, 2.24) is 10.3 Å². The third-order valence-electron chi connectivity index (χ3n) is 2.75. The Morgan fingerprint density at radius 2 is 2.35 bits per heavy atom. The normalized spacial score (nSPS) is 12.6. The molecule has 0 spiro atoms. The summed E-state index contributed by atoms with van der Waals surface area (Å²) in [6.07, 6.45) is 7.36. The van der Waals surface area contributed by atoms with Crippen LogP contribution in [0.3, 0.4) is 0 Å². The van der Waals surface area contributed by atoms with Crippen molar-refractivity contribution in [3.8, 4) is 0 Å². The molecule has 1 unspecified atom stereocenters. The topological polar surface area (TPSA) is 38.1 Å². The van der Waals surface area contributed by atoms with Crippen molar-refractivity contribution in [3.05, 3.63) is 52.7 Å². The lowest BCUT2D eigenvalue weighted by Crippen LogP contribution is -2.16. The summed E-state index contributed by atoms with van der Waals surface area (Å²) in [4.78, 5) is 4.12. The molecule has 0 aliphatic rings. The summed E-state index contributed by atoms with van der Waals surface area (Å²) in [6.45, 7) is 0. The minimum absolute atomic E-state index is 0.222.